The minimum absolute atomic E-state index is 0.222. The first-order chi connectivity index (χ1) is 10.1. The number of nitrogens with zero attached hydrogens (tertiary/aromatic N) is 2. The number of halogens is 1. The molecule has 7 heteroatoms. The topological polar surface area (TPSA) is 64.9 Å². The molecule has 2 heterocycles. The normalized spacial score (nSPS) is 11.3. The molecule has 2 aromatic heterocycles. The highest BCUT2D eigenvalue weighted by molar-refractivity contribution is 6.30. The Kier molecular flexibility index (Phi) is 5.17. The number of nitrogens with one attached hydrogen (secondary N) is 1. The van der Waals surface area contributed by atoms with Gasteiger partial charge < -0.3 is 14.8 Å². The van der Waals surface area contributed by atoms with Crippen molar-refractivity contribution in [2.45, 2.75) is 19.6 Å². The van der Waals surface area contributed by atoms with E-state index in [1.165, 1.54) is 14.2 Å². The van der Waals surface area contributed by atoms with E-state index in [0.29, 0.717) is 22.8 Å². The van der Waals surface area contributed by atoms with Crippen LogP contribution in [0, 0.1) is 0 Å². The predicted molar refractivity (Wildman–Crippen MR) is 79.7 cm³/mol. The molecule has 0 aromatic carbocycles. The van der Waals surface area contributed by atoms with Crippen molar-refractivity contribution in [1.82, 2.24) is 14.7 Å². The van der Waals surface area contributed by atoms with Crippen LogP contribution < -0.4 is 5.32 Å². The van der Waals surface area contributed by atoms with Gasteiger partial charge in [-0.15, -0.1) is 0 Å². The summed E-state index contributed by atoms with van der Waals surface area (Å²) < 4.78 is 11.8. The van der Waals surface area contributed by atoms with Gasteiger partial charge in [0.15, 0.2) is 6.29 Å². The van der Waals surface area contributed by atoms with E-state index >= 15 is 0 Å². The van der Waals surface area contributed by atoms with Crippen molar-refractivity contribution in [3.63, 3.8) is 0 Å². The number of carbonyl (C=O) groups excluding carboxylic acids is 1. The first kappa shape index (κ1) is 15.8. The smallest absolute Gasteiger partial charge is 0.270 e. The third-order valence-electron chi connectivity index (χ3n) is 3.17. The van der Waals surface area contributed by atoms with Crippen molar-refractivity contribution < 1.29 is 14.3 Å². The van der Waals surface area contributed by atoms with Crippen molar-refractivity contribution in [3.8, 4) is 0 Å². The molecule has 0 unspecified atom stereocenters. The van der Waals surface area contributed by atoms with Crippen LogP contribution in [-0.2, 0) is 15.9 Å². The summed E-state index contributed by atoms with van der Waals surface area (Å²) in [7, 11) is 3.04. The standard InChI is InChI=1S/C14H18ClN3O3/c1-4-10-13(14(19)16-8-12(20-2)21-3)18-6-5-9(15)7-11(18)17-10/h5-7,12H,4,8H2,1-3H3,(H,16,19). The molecule has 0 spiro atoms. The maximum Gasteiger partial charge on any atom is 0.270 e. The minimum Gasteiger partial charge on any atom is -0.354 e. The second-order valence-electron chi connectivity index (χ2n) is 4.44. The Morgan fingerprint density at radius 3 is 2.81 bits per heavy atom. The fourth-order valence-electron chi connectivity index (χ4n) is 2.08. The number of hydrogen-bond acceptors (Lipinski definition) is 4. The van der Waals surface area contributed by atoms with Gasteiger partial charge in [-0.1, -0.05) is 18.5 Å². The molecule has 0 fully saturated rings. The van der Waals surface area contributed by atoms with E-state index in [1.54, 1.807) is 22.7 Å². The molecule has 6 nitrogen and oxygen atoms in total. The first-order valence-electron chi connectivity index (χ1n) is 6.61. The molecule has 0 aliphatic carbocycles. The first-order valence-corrected chi connectivity index (χ1v) is 6.98. The van der Waals surface area contributed by atoms with E-state index in [-0.39, 0.29) is 12.5 Å². The molecule has 0 atom stereocenters. The van der Waals surface area contributed by atoms with Gasteiger partial charge in [-0.05, 0) is 12.5 Å². The molecule has 2 aromatic rings. The number of hydrogen-bond donors (Lipinski definition) is 1. The zero-order valence-corrected chi connectivity index (χ0v) is 13.0. The highest BCUT2D eigenvalue weighted by atomic mass is 35.5. The molecule has 0 saturated carbocycles. The summed E-state index contributed by atoms with van der Waals surface area (Å²) in [4.78, 5) is 16.8. The summed E-state index contributed by atoms with van der Waals surface area (Å²) in [5.41, 5.74) is 1.89. The fraction of sp³-hybridized carbons (Fsp3) is 0.429. The Balaban J connectivity index is 2.29. The zero-order valence-electron chi connectivity index (χ0n) is 12.2. The second kappa shape index (κ2) is 6.89. The highest BCUT2D eigenvalue weighted by Gasteiger charge is 2.19. The number of amides is 1. The Morgan fingerprint density at radius 1 is 1.48 bits per heavy atom. The third kappa shape index (κ3) is 3.34. The van der Waals surface area contributed by atoms with Crippen LogP contribution in [0.3, 0.4) is 0 Å². The third-order valence-corrected chi connectivity index (χ3v) is 3.40. The number of rotatable bonds is 6. The van der Waals surface area contributed by atoms with Gasteiger partial charge in [-0.2, -0.15) is 0 Å². The average molecular weight is 312 g/mol. The van der Waals surface area contributed by atoms with Crippen molar-refractivity contribution in [3.05, 3.63) is 34.7 Å². The number of carbonyl (C=O) groups is 1. The van der Waals surface area contributed by atoms with Gasteiger partial charge in [0.1, 0.15) is 11.3 Å². The van der Waals surface area contributed by atoms with Crippen molar-refractivity contribution >= 4 is 23.2 Å². The van der Waals surface area contributed by atoms with Crippen molar-refractivity contribution in [2.24, 2.45) is 0 Å². The quantitative estimate of drug-likeness (QED) is 0.828. The van der Waals surface area contributed by atoms with E-state index in [4.69, 9.17) is 21.1 Å². The average Bonchev–Trinajstić information content (AvgIpc) is 2.85. The molecule has 0 aliphatic heterocycles. The van der Waals surface area contributed by atoms with Gasteiger partial charge in [0, 0.05) is 31.5 Å². The van der Waals surface area contributed by atoms with Gasteiger partial charge >= 0.3 is 0 Å². The highest BCUT2D eigenvalue weighted by Crippen LogP contribution is 2.17. The minimum atomic E-state index is -0.479. The molecule has 0 bridgehead atoms. The summed E-state index contributed by atoms with van der Waals surface area (Å²) in [5, 5.41) is 3.37. The van der Waals surface area contributed by atoms with E-state index in [1.807, 2.05) is 6.92 Å². The van der Waals surface area contributed by atoms with Crippen LogP contribution in [-0.4, -0.2) is 42.3 Å². The molecular weight excluding hydrogens is 294 g/mol. The SMILES string of the molecule is CCc1nc2cc(Cl)ccn2c1C(=O)NCC(OC)OC. The molecule has 114 valence electrons. The summed E-state index contributed by atoms with van der Waals surface area (Å²) in [6.45, 7) is 2.21. The van der Waals surface area contributed by atoms with Crippen molar-refractivity contribution in [1.29, 1.82) is 0 Å². The summed E-state index contributed by atoms with van der Waals surface area (Å²) in [6, 6.07) is 3.45. The number of imidazole rings is 1. The Morgan fingerprint density at radius 2 is 2.19 bits per heavy atom. The lowest BCUT2D eigenvalue weighted by atomic mass is 10.2. The van der Waals surface area contributed by atoms with Gasteiger partial charge in [-0.25, -0.2) is 4.98 Å². The van der Waals surface area contributed by atoms with Crippen LogP contribution in [0.1, 0.15) is 23.1 Å². The van der Waals surface area contributed by atoms with E-state index in [0.717, 1.165) is 5.69 Å². The fourth-order valence-corrected chi connectivity index (χ4v) is 2.23. The van der Waals surface area contributed by atoms with Gasteiger partial charge in [0.2, 0.25) is 0 Å². The van der Waals surface area contributed by atoms with Crippen LogP contribution >= 0.6 is 11.6 Å². The molecule has 0 saturated heterocycles. The molecule has 1 amide bonds. The molecule has 2 rings (SSSR count). The van der Waals surface area contributed by atoms with Gasteiger partial charge in [0.05, 0.1) is 12.2 Å². The van der Waals surface area contributed by atoms with Crippen LogP contribution in [0.4, 0.5) is 0 Å². The molecular formula is C14H18ClN3O3. The number of aromatic nitrogens is 2. The van der Waals surface area contributed by atoms with E-state index in [2.05, 4.69) is 10.3 Å². The molecule has 0 radical (unpaired) electrons. The van der Waals surface area contributed by atoms with E-state index in [9.17, 15) is 4.79 Å². The lowest BCUT2D eigenvalue weighted by Crippen LogP contribution is -2.35. The number of ether oxygens (including phenoxy) is 2. The Labute approximate surface area is 128 Å². The molecule has 21 heavy (non-hydrogen) atoms. The number of fused-ring (bicyclic) bond motifs is 1. The number of pyridine rings is 1. The second-order valence-corrected chi connectivity index (χ2v) is 4.88. The molecule has 1 N–H and O–H groups in total. The van der Waals surface area contributed by atoms with E-state index < -0.39 is 6.29 Å². The van der Waals surface area contributed by atoms with Crippen LogP contribution in [0.2, 0.25) is 5.02 Å². The van der Waals surface area contributed by atoms with Gasteiger partial charge in [0.25, 0.3) is 5.91 Å². The summed E-state index contributed by atoms with van der Waals surface area (Å²) >= 11 is 5.96. The molecule has 0 aliphatic rings. The number of methoxy groups -OCH3 is 2. The van der Waals surface area contributed by atoms with Crippen LogP contribution in [0.5, 0.6) is 0 Å². The van der Waals surface area contributed by atoms with Crippen molar-refractivity contribution in [2.75, 3.05) is 20.8 Å². The summed E-state index contributed by atoms with van der Waals surface area (Å²) in [5.74, 6) is -0.222. The van der Waals surface area contributed by atoms with Gasteiger partial charge in [-0.3, -0.25) is 9.20 Å². The summed E-state index contributed by atoms with van der Waals surface area (Å²) in [6.07, 6.45) is 1.91. The number of aryl methyl sites for hydroxylation is 1. The predicted octanol–water partition coefficient (Wildman–Crippen LogP) is 1.90. The lowest BCUT2D eigenvalue weighted by Gasteiger charge is -2.14. The van der Waals surface area contributed by atoms with Crippen LogP contribution in [0.15, 0.2) is 18.3 Å². The Bertz CT molecular complexity index is 638. The maximum absolute atomic E-state index is 12.4. The lowest BCUT2D eigenvalue weighted by molar-refractivity contribution is -0.0974. The maximum atomic E-state index is 12.4. The monoisotopic (exact) mass is 311 g/mol. The zero-order chi connectivity index (χ0) is 15.4. The Hall–Kier alpha value is -1.63. The van der Waals surface area contributed by atoms with Crippen LogP contribution in [0.25, 0.3) is 5.65 Å². The largest absolute Gasteiger partial charge is 0.354 e.